The number of rotatable bonds is 8. The largest absolute Gasteiger partial charge is 0.492 e. The van der Waals surface area contributed by atoms with Gasteiger partial charge in [-0.25, -0.2) is 4.79 Å². The molecule has 0 aliphatic carbocycles. The minimum absolute atomic E-state index is 0.271. The Morgan fingerprint density at radius 3 is 2.78 bits per heavy atom. The quantitative estimate of drug-likeness (QED) is 0.658. The lowest BCUT2D eigenvalue weighted by atomic mass is 9.94. The van der Waals surface area contributed by atoms with E-state index in [9.17, 15) is 4.79 Å². The zero-order chi connectivity index (χ0) is 16.9. The zero-order valence-corrected chi connectivity index (χ0v) is 15.8. The fourth-order valence-electron chi connectivity index (χ4n) is 2.75. The van der Waals surface area contributed by atoms with Crippen molar-refractivity contribution in [1.82, 2.24) is 5.32 Å². The highest BCUT2D eigenvalue weighted by Crippen LogP contribution is 2.32. The van der Waals surface area contributed by atoms with Crippen LogP contribution in [0.4, 0.5) is 4.79 Å². The second-order valence-corrected chi connectivity index (χ2v) is 7.40. The van der Waals surface area contributed by atoms with Gasteiger partial charge in [0.15, 0.2) is 0 Å². The number of halogens is 1. The first-order chi connectivity index (χ1) is 10.9. The van der Waals surface area contributed by atoms with Gasteiger partial charge in [-0.15, -0.1) is 0 Å². The molecule has 0 radical (unpaired) electrons. The van der Waals surface area contributed by atoms with Gasteiger partial charge in [-0.2, -0.15) is 0 Å². The lowest BCUT2D eigenvalue weighted by molar-refractivity contribution is 0.172. The van der Waals surface area contributed by atoms with Crippen LogP contribution in [-0.4, -0.2) is 24.8 Å². The fourth-order valence-corrected chi connectivity index (χ4v) is 3.47. The third-order valence-electron chi connectivity index (χ3n) is 4.17. The molecule has 23 heavy (non-hydrogen) atoms. The van der Waals surface area contributed by atoms with E-state index in [4.69, 9.17) is 9.47 Å². The molecule has 1 aromatic carbocycles. The topological polar surface area (TPSA) is 47.6 Å². The number of benzene rings is 1. The van der Waals surface area contributed by atoms with Gasteiger partial charge in [-0.05, 0) is 66.2 Å². The number of ether oxygens (including phenoxy) is 2. The minimum Gasteiger partial charge on any atom is -0.492 e. The number of hydrogen-bond acceptors (Lipinski definition) is 3. The Morgan fingerprint density at radius 1 is 1.39 bits per heavy atom. The molecule has 1 fully saturated rings. The van der Waals surface area contributed by atoms with Crippen LogP contribution in [0.2, 0.25) is 0 Å². The van der Waals surface area contributed by atoms with E-state index in [2.05, 4.69) is 47.2 Å². The first-order valence-electron chi connectivity index (χ1n) is 8.30. The van der Waals surface area contributed by atoms with Crippen molar-refractivity contribution in [2.24, 2.45) is 0 Å². The van der Waals surface area contributed by atoms with Gasteiger partial charge in [0.25, 0.3) is 0 Å². The summed E-state index contributed by atoms with van der Waals surface area (Å²) in [5.74, 6) is 0.938. The second kappa shape index (κ2) is 8.04. The van der Waals surface area contributed by atoms with Gasteiger partial charge in [-0.3, -0.25) is 0 Å². The van der Waals surface area contributed by atoms with Crippen LogP contribution in [0.5, 0.6) is 5.75 Å². The summed E-state index contributed by atoms with van der Waals surface area (Å²) in [6.07, 6.45) is 4.89. The number of cyclic esters (lactones) is 1. The Bertz CT molecular complexity index is 538. The SMILES string of the molecule is CCCCCOc1c(C)cc(CCC2(C)COC(=O)N2)cc1Br. The van der Waals surface area contributed by atoms with Crippen LogP contribution >= 0.6 is 15.9 Å². The first-order valence-corrected chi connectivity index (χ1v) is 9.09. The molecule has 0 spiro atoms. The normalized spacial score (nSPS) is 20.3. The average molecular weight is 384 g/mol. The van der Waals surface area contributed by atoms with E-state index in [-0.39, 0.29) is 11.6 Å². The molecule has 1 amide bonds. The molecule has 2 rings (SSSR count). The molecule has 1 atom stereocenters. The molecule has 1 N–H and O–H groups in total. The summed E-state index contributed by atoms with van der Waals surface area (Å²) in [6.45, 7) is 7.48. The van der Waals surface area contributed by atoms with Crippen molar-refractivity contribution in [3.63, 3.8) is 0 Å². The van der Waals surface area contributed by atoms with Gasteiger partial charge in [0.05, 0.1) is 16.6 Å². The summed E-state index contributed by atoms with van der Waals surface area (Å²) in [5, 5.41) is 2.88. The summed E-state index contributed by atoms with van der Waals surface area (Å²) in [6, 6.07) is 4.28. The predicted molar refractivity (Wildman–Crippen MR) is 95.1 cm³/mol. The standard InChI is InChI=1S/C18H26BrNO3/c1-4-5-6-9-22-16-13(2)10-14(11-15(16)19)7-8-18(3)12-23-17(21)20-18/h10-11H,4-9,12H2,1-3H3,(H,20,21). The molecule has 0 aromatic heterocycles. The molecule has 1 aromatic rings. The summed E-state index contributed by atoms with van der Waals surface area (Å²) in [7, 11) is 0. The number of nitrogens with one attached hydrogen (secondary N) is 1. The van der Waals surface area contributed by atoms with Gasteiger partial charge in [0.1, 0.15) is 12.4 Å². The Labute approximate surface area is 147 Å². The van der Waals surface area contributed by atoms with Crippen LogP contribution in [0, 0.1) is 6.92 Å². The Balaban J connectivity index is 1.95. The Kier molecular flexibility index (Phi) is 6.33. The van der Waals surface area contributed by atoms with Crippen LogP contribution in [0.3, 0.4) is 0 Å². The van der Waals surface area contributed by atoms with E-state index in [0.29, 0.717) is 6.61 Å². The third-order valence-corrected chi connectivity index (χ3v) is 4.76. The number of hydrogen-bond donors (Lipinski definition) is 1. The molecule has 0 saturated carbocycles. The molecule has 4 nitrogen and oxygen atoms in total. The van der Waals surface area contributed by atoms with Crippen molar-refractivity contribution in [2.45, 2.75) is 58.4 Å². The maximum atomic E-state index is 11.2. The van der Waals surface area contributed by atoms with Gasteiger partial charge in [-0.1, -0.05) is 25.8 Å². The first kappa shape index (κ1) is 18.1. The lowest BCUT2D eigenvalue weighted by Crippen LogP contribution is -2.40. The molecule has 0 bridgehead atoms. The Hall–Kier alpha value is -1.23. The summed E-state index contributed by atoms with van der Waals surface area (Å²) >= 11 is 3.62. The zero-order valence-electron chi connectivity index (χ0n) is 14.2. The van der Waals surface area contributed by atoms with Gasteiger partial charge in [0, 0.05) is 0 Å². The van der Waals surface area contributed by atoms with E-state index in [1.165, 1.54) is 18.4 Å². The number of aryl methyl sites for hydroxylation is 2. The number of carbonyl (C=O) groups excluding carboxylic acids is 1. The van der Waals surface area contributed by atoms with Gasteiger partial charge >= 0.3 is 6.09 Å². The van der Waals surface area contributed by atoms with E-state index in [1.54, 1.807) is 0 Å². The second-order valence-electron chi connectivity index (χ2n) is 6.54. The van der Waals surface area contributed by atoms with Crippen molar-refractivity contribution in [2.75, 3.05) is 13.2 Å². The summed E-state index contributed by atoms with van der Waals surface area (Å²) in [4.78, 5) is 11.2. The smallest absolute Gasteiger partial charge is 0.407 e. The molecule has 1 unspecified atom stereocenters. The number of alkyl carbamates (subject to hydrolysis) is 1. The van der Waals surface area contributed by atoms with Crippen molar-refractivity contribution in [3.05, 3.63) is 27.7 Å². The lowest BCUT2D eigenvalue weighted by Gasteiger charge is -2.21. The molecule has 5 heteroatoms. The van der Waals surface area contributed by atoms with Crippen LogP contribution in [0.15, 0.2) is 16.6 Å². The van der Waals surface area contributed by atoms with Crippen molar-refractivity contribution < 1.29 is 14.3 Å². The highest BCUT2D eigenvalue weighted by atomic mass is 79.9. The van der Waals surface area contributed by atoms with Crippen molar-refractivity contribution in [3.8, 4) is 5.75 Å². The average Bonchev–Trinajstić information content (AvgIpc) is 2.84. The van der Waals surface area contributed by atoms with Crippen molar-refractivity contribution in [1.29, 1.82) is 0 Å². The third kappa shape index (κ3) is 5.13. The molecule has 1 aliphatic heterocycles. The monoisotopic (exact) mass is 383 g/mol. The summed E-state index contributed by atoms with van der Waals surface area (Å²) < 4.78 is 11.9. The number of unbranched alkanes of at least 4 members (excludes halogenated alkanes) is 2. The molecule has 1 saturated heterocycles. The maximum Gasteiger partial charge on any atom is 0.407 e. The highest BCUT2D eigenvalue weighted by Gasteiger charge is 2.34. The fraction of sp³-hybridized carbons (Fsp3) is 0.611. The molecular weight excluding hydrogens is 358 g/mol. The van der Waals surface area contributed by atoms with Crippen LogP contribution in [-0.2, 0) is 11.2 Å². The highest BCUT2D eigenvalue weighted by molar-refractivity contribution is 9.10. The Morgan fingerprint density at radius 2 is 2.17 bits per heavy atom. The van der Waals surface area contributed by atoms with E-state index in [0.717, 1.165) is 41.7 Å². The molecular formula is C18H26BrNO3. The van der Waals surface area contributed by atoms with E-state index in [1.807, 2.05) is 6.92 Å². The van der Waals surface area contributed by atoms with Crippen LogP contribution in [0.25, 0.3) is 0 Å². The maximum absolute atomic E-state index is 11.2. The number of carbonyl (C=O) groups is 1. The predicted octanol–water partition coefficient (Wildman–Crippen LogP) is 4.76. The minimum atomic E-state index is -0.319. The van der Waals surface area contributed by atoms with Crippen molar-refractivity contribution >= 4 is 22.0 Å². The van der Waals surface area contributed by atoms with E-state index < -0.39 is 0 Å². The van der Waals surface area contributed by atoms with Gasteiger partial charge < -0.3 is 14.8 Å². The van der Waals surface area contributed by atoms with Gasteiger partial charge in [0.2, 0.25) is 0 Å². The molecule has 1 heterocycles. The summed E-state index contributed by atoms with van der Waals surface area (Å²) in [5.41, 5.74) is 2.10. The number of amides is 1. The van der Waals surface area contributed by atoms with E-state index >= 15 is 0 Å². The molecule has 1 aliphatic rings. The van der Waals surface area contributed by atoms with Crippen LogP contribution in [0.1, 0.15) is 50.7 Å². The van der Waals surface area contributed by atoms with Crippen LogP contribution < -0.4 is 10.1 Å². The molecule has 128 valence electrons.